The smallest absolute Gasteiger partial charge is 0.138 e. The first-order valence-electron chi connectivity index (χ1n) is 11.2. The second-order valence-corrected chi connectivity index (χ2v) is 10.4. The first-order chi connectivity index (χ1) is 16.7. The van der Waals surface area contributed by atoms with Gasteiger partial charge in [0, 0.05) is 38.3 Å². The third kappa shape index (κ3) is 4.12. The van der Waals surface area contributed by atoms with E-state index in [4.69, 9.17) is 15.5 Å². The molecule has 6 rings (SSSR count). The van der Waals surface area contributed by atoms with Crippen LogP contribution in [-0.4, -0.2) is 22.6 Å². The number of ether oxygens (including phenoxy) is 1. The van der Waals surface area contributed by atoms with Crippen LogP contribution >= 0.6 is 22.7 Å². The molecule has 0 bridgehead atoms. The van der Waals surface area contributed by atoms with Crippen molar-refractivity contribution < 1.29 is 4.74 Å². The molecular weight excluding hydrogens is 458 g/mol. The lowest BCUT2D eigenvalue weighted by Gasteiger charge is -2.14. The van der Waals surface area contributed by atoms with Crippen LogP contribution in [0.15, 0.2) is 90.6 Å². The quantitative estimate of drug-likeness (QED) is 0.255. The average Bonchev–Trinajstić information content (AvgIpc) is 3.63. The lowest BCUT2D eigenvalue weighted by Crippen LogP contribution is -2.30. The average molecular weight is 482 g/mol. The minimum atomic E-state index is -0.121. The molecule has 1 atom stereocenters. The molecule has 0 unspecified atom stereocenters. The minimum absolute atomic E-state index is 0.121. The summed E-state index contributed by atoms with van der Waals surface area (Å²) in [5, 5.41) is 4.54. The van der Waals surface area contributed by atoms with Crippen LogP contribution in [0, 0.1) is 0 Å². The van der Waals surface area contributed by atoms with Crippen molar-refractivity contribution in [2.45, 2.75) is 12.5 Å². The lowest BCUT2D eigenvalue weighted by molar-refractivity contribution is 0.287. The van der Waals surface area contributed by atoms with Crippen molar-refractivity contribution in [3.63, 3.8) is 0 Å². The van der Waals surface area contributed by atoms with E-state index in [-0.39, 0.29) is 6.04 Å². The first-order valence-corrected chi connectivity index (χ1v) is 12.9. The summed E-state index contributed by atoms with van der Waals surface area (Å²) in [6.45, 7) is 0.422. The molecule has 0 fully saturated rings. The van der Waals surface area contributed by atoms with Crippen molar-refractivity contribution in [3.05, 3.63) is 96.1 Å². The number of nitrogens with one attached hydrogen (secondary N) is 1. The molecule has 3 N–H and O–H groups in total. The Labute approximate surface area is 205 Å². The Bertz CT molecular complexity index is 1530. The van der Waals surface area contributed by atoms with Gasteiger partial charge in [-0.1, -0.05) is 42.5 Å². The number of benzene rings is 2. The van der Waals surface area contributed by atoms with Crippen LogP contribution in [0.2, 0.25) is 0 Å². The monoisotopic (exact) mass is 481 g/mol. The summed E-state index contributed by atoms with van der Waals surface area (Å²) in [6.07, 6.45) is 4.60. The summed E-state index contributed by atoms with van der Waals surface area (Å²) in [4.78, 5) is 10.5. The molecule has 0 saturated heterocycles. The highest BCUT2D eigenvalue weighted by Gasteiger charge is 2.16. The summed E-state index contributed by atoms with van der Waals surface area (Å²) in [6, 6.07) is 25.1. The first kappa shape index (κ1) is 21.1. The Morgan fingerprint density at radius 2 is 1.85 bits per heavy atom. The molecule has 0 radical (unpaired) electrons. The maximum absolute atomic E-state index is 6.46. The second kappa shape index (κ2) is 9.06. The number of nitrogens with zero attached hydrogens (tertiary/aromatic N) is 1. The van der Waals surface area contributed by atoms with E-state index in [2.05, 4.69) is 77.1 Å². The van der Waals surface area contributed by atoms with Gasteiger partial charge in [-0.05, 0) is 53.1 Å². The molecule has 6 heteroatoms. The van der Waals surface area contributed by atoms with Crippen molar-refractivity contribution in [2.75, 3.05) is 6.61 Å². The van der Waals surface area contributed by atoms with Crippen LogP contribution in [0.3, 0.4) is 0 Å². The number of aromatic amines is 1. The van der Waals surface area contributed by atoms with E-state index in [0.717, 1.165) is 33.8 Å². The fourth-order valence-electron chi connectivity index (χ4n) is 4.28. The Hall–Kier alpha value is -3.45. The van der Waals surface area contributed by atoms with Gasteiger partial charge in [0.05, 0.1) is 16.8 Å². The summed E-state index contributed by atoms with van der Waals surface area (Å²) < 4.78 is 7.41. The lowest BCUT2D eigenvalue weighted by atomic mass is 10.1. The summed E-state index contributed by atoms with van der Waals surface area (Å²) in [7, 11) is 0. The van der Waals surface area contributed by atoms with E-state index in [1.54, 1.807) is 22.7 Å². The van der Waals surface area contributed by atoms with Crippen molar-refractivity contribution in [3.8, 4) is 26.8 Å². The van der Waals surface area contributed by atoms with Gasteiger partial charge in [-0.2, -0.15) is 0 Å². The van der Waals surface area contributed by atoms with Crippen molar-refractivity contribution in [1.82, 2.24) is 9.97 Å². The molecular formula is C28H23N3OS2. The van der Waals surface area contributed by atoms with E-state index in [0.29, 0.717) is 6.61 Å². The van der Waals surface area contributed by atoms with Gasteiger partial charge in [-0.15, -0.1) is 22.7 Å². The second-order valence-electron chi connectivity index (χ2n) is 8.33. The zero-order valence-electron chi connectivity index (χ0n) is 18.4. The Morgan fingerprint density at radius 3 is 2.74 bits per heavy atom. The van der Waals surface area contributed by atoms with Gasteiger partial charge in [0.1, 0.15) is 12.4 Å². The summed E-state index contributed by atoms with van der Waals surface area (Å²) >= 11 is 3.48. The van der Waals surface area contributed by atoms with E-state index < -0.39 is 0 Å². The molecule has 6 aromatic rings. The maximum atomic E-state index is 6.46. The van der Waals surface area contributed by atoms with Crippen LogP contribution in [-0.2, 0) is 6.42 Å². The molecule has 4 nitrogen and oxygen atoms in total. The summed E-state index contributed by atoms with van der Waals surface area (Å²) in [5.41, 5.74) is 10.9. The van der Waals surface area contributed by atoms with Crippen LogP contribution in [0.4, 0.5) is 0 Å². The van der Waals surface area contributed by atoms with Crippen LogP contribution in [0.1, 0.15) is 5.56 Å². The van der Waals surface area contributed by atoms with Crippen LogP contribution < -0.4 is 10.5 Å². The van der Waals surface area contributed by atoms with Gasteiger partial charge in [0.15, 0.2) is 0 Å². The third-order valence-corrected chi connectivity index (χ3v) is 7.96. The fraction of sp³-hybridized carbons (Fsp3) is 0.107. The van der Waals surface area contributed by atoms with Crippen molar-refractivity contribution >= 4 is 43.7 Å². The predicted octanol–water partition coefficient (Wildman–Crippen LogP) is 7.12. The number of fused-ring (bicyclic) bond motifs is 2. The Kier molecular flexibility index (Phi) is 5.63. The molecule has 0 amide bonds. The molecule has 34 heavy (non-hydrogen) atoms. The number of pyridine rings is 1. The molecule has 2 aromatic carbocycles. The molecule has 0 aliphatic rings. The van der Waals surface area contributed by atoms with Gasteiger partial charge in [-0.3, -0.25) is 4.98 Å². The van der Waals surface area contributed by atoms with Gasteiger partial charge >= 0.3 is 0 Å². The third-order valence-electron chi connectivity index (χ3n) is 5.93. The number of rotatable bonds is 7. The number of thiophene rings is 2. The number of H-pyrrole nitrogens is 1. The SMILES string of the molecule is N[C@H](COc1cnc(-c2cccs2)c(-c2cc3ccccc3s2)c1)Cc1c[nH]c2ccccc12. The Balaban J connectivity index is 1.26. The van der Waals surface area contributed by atoms with Crippen LogP contribution in [0.25, 0.3) is 42.0 Å². The maximum Gasteiger partial charge on any atom is 0.138 e. The highest BCUT2D eigenvalue weighted by atomic mass is 32.1. The number of hydrogen-bond donors (Lipinski definition) is 2. The summed E-state index contributed by atoms with van der Waals surface area (Å²) in [5.74, 6) is 0.738. The van der Waals surface area contributed by atoms with E-state index >= 15 is 0 Å². The van der Waals surface area contributed by atoms with Crippen LogP contribution in [0.5, 0.6) is 5.75 Å². The van der Waals surface area contributed by atoms with E-state index in [1.807, 2.05) is 18.5 Å². The topological polar surface area (TPSA) is 63.9 Å². The molecule has 168 valence electrons. The molecule has 0 saturated carbocycles. The highest BCUT2D eigenvalue weighted by Crippen LogP contribution is 2.40. The van der Waals surface area contributed by atoms with Crippen molar-refractivity contribution in [2.24, 2.45) is 5.73 Å². The normalized spacial score (nSPS) is 12.4. The van der Waals surface area contributed by atoms with Gasteiger partial charge < -0.3 is 15.5 Å². The number of aromatic nitrogens is 2. The largest absolute Gasteiger partial charge is 0.490 e. The highest BCUT2D eigenvalue weighted by molar-refractivity contribution is 7.22. The predicted molar refractivity (Wildman–Crippen MR) is 144 cm³/mol. The fourth-order valence-corrected chi connectivity index (χ4v) is 6.10. The molecule has 0 aliphatic carbocycles. The molecule has 4 heterocycles. The zero-order chi connectivity index (χ0) is 22.9. The number of nitrogens with two attached hydrogens (primary N) is 1. The molecule has 4 aromatic heterocycles. The zero-order valence-corrected chi connectivity index (χ0v) is 20.0. The van der Waals surface area contributed by atoms with Gasteiger partial charge in [0.25, 0.3) is 0 Å². The van der Waals surface area contributed by atoms with E-state index in [9.17, 15) is 0 Å². The molecule has 0 aliphatic heterocycles. The van der Waals surface area contributed by atoms with Gasteiger partial charge in [-0.25, -0.2) is 0 Å². The number of para-hydroxylation sites is 1. The number of hydrogen-bond acceptors (Lipinski definition) is 5. The van der Waals surface area contributed by atoms with E-state index in [1.165, 1.54) is 25.9 Å². The van der Waals surface area contributed by atoms with Crippen molar-refractivity contribution in [1.29, 1.82) is 0 Å². The standard InChI is InChI=1S/C28H23N3OS2/c29-20(12-19-15-30-24-8-3-2-7-22(19)24)17-32-21-14-23(28(31-16-21)26-10-5-11-33-26)27-13-18-6-1-4-9-25(18)34-27/h1-11,13-16,20,30H,12,17,29H2/t20-/m0/s1. The minimum Gasteiger partial charge on any atom is -0.490 e. The van der Waals surface area contributed by atoms with Gasteiger partial charge in [0.2, 0.25) is 0 Å². The molecule has 0 spiro atoms. The Morgan fingerprint density at radius 1 is 0.971 bits per heavy atom.